The summed E-state index contributed by atoms with van der Waals surface area (Å²) in [7, 11) is -2.89. The summed E-state index contributed by atoms with van der Waals surface area (Å²) in [5, 5.41) is 2.85. The van der Waals surface area contributed by atoms with Crippen molar-refractivity contribution in [3.05, 3.63) is 30.3 Å². The van der Waals surface area contributed by atoms with E-state index in [9.17, 15) is 13.2 Å². The second-order valence-electron chi connectivity index (χ2n) is 4.98. The summed E-state index contributed by atoms with van der Waals surface area (Å²) in [5.74, 6) is 1.18. The zero-order valence-electron chi connectivity index (χ0n) is 11.2. The number of nitrogens with one attached hydrogen (secondary N) is 1. The zero-order valence-corrected chi connectivity index (χ0v) is 12.9. The summed E-state index contributed by atoms with van der Waals surface area (Å²) in [4.78, 5) is 12.9. The molecule has 0 bridgehead atoms. The molecule has 6 heteroatoms. The van der Waals surface area contributed by atoms with Crippen molar-refractivity contribution in [3.8, 4) is 0 Å². The van der Waals surface area contributed by atoms with Crippen LogP contribution in [-0.4, -0.2) is 38.1 Å². The number of hydrogen-bond donors (Lipinski definition) is 1. The molecular weight excluding hydrogens is 294 g/mol. The summed E-state index contributed by atoms with van der Waals surface area (Å²) in [6, 6.07) is 10.0. The van der Waals surface area contributed by atoms with Crippen LogP contribution in [0.1, 0.15) is 12.8 Å². The average Bonchev–Trinajstić information content (AvgIpc) is 2.75. The Morgan fingerprint density at radius 1 is 1.30 bits per heavy atom. The van der Waals surface area contributed by atoms with Crippen molar-refractivity contribution in [2.24, 2.45) is 5.92 Å². The van der Waals surface area contributed by atoms with Gasteiger partial charge in [0.1, 0.15) is 0 Å². The van der Waals surface area contributed by atoms with E-state index in [1.54, 1.807) is 11.8 Å². The van der Waals surface area contributed by atoms with Crippen LogP contribution in [0.25, 0.3) is 0 Å². The first-order chi connectivity index (χ1) is 9.55. The molecule has 0 saturated carbocycles. The molecule has 20 heavy (non-hydrogen) atoms. The SMILES string of the molecule is O=C(C[C@@H]1CCS(=O)(=O)C1)NCCSc1ccccc1. The maximum atomic E-state index is 11.7. The van der Waals surface area contributed by atoms with E-state index in [-0.39, 0.29) is 23.3 Å². The molecular formula is C14H19NO3S2. The van der Waals surface area contributed by atoms with Crippen LogP contribution in [0.15, 0.2) is 35.2 Å². The summed E-state index contributed by atoms with van der Waals surface area (Å²) in [6.45, 7) is 0.609. The highest BCUT2D eigenvalue weighted by Crippen LogP contribution is 2.21. The van der Waals surface area contributed by atoms with Gasteiger partial charge in [0.05, 0.1) is 11.5 Å². The summed E-state index contributed by atoms with van der Waals surface area (Å²) < 4.78 is 22.6. The number of benzene rings is 1. The topological polar surface area (TPSA) is 63.2 Å². The van der Waals surface area contributed by atoms with Crippen molar-refractivity contribution in [3.63, 3.8) is 0 Å². The van der Waals surface area contributed by atoms with Crippen LogP contribution in [0, 0.1) is 5.92 Å². The third-order valence-corrected chi connectivity index (χ3v) is 6.09. The van der Waals surface area contributed by atoms with E-state index >= 15 is 0 Å². The molecule has 0 aromatic heterocycles. The van der Waals surface area contributed by atoms with Crippen LogP contribution >= 0.6 is 11.8 Å². The number of carbonyl (C=O) groups is 1. The Morgan fingerprint density at radius 3 is 2.70 bits per heavy atom. The van der Waals surface area contributed by atoms with Gasteiger partial charge < -0.3 is 5.32 Å². The predicted molar refractivity (Wildman–Crippen MR) is 81.6 cm³/mol. The van der Waals surface area contributed by atoms with Gasteiger partial charge >= 0.3 is 0 Å². The van der Waals surface area contributed by atoms with Gasteiger partial charge in [-0.25, -0.2) is 8.42 Å². The molecule has 1 N–H and O–H groups in total. The van der Waals surface area contributed by atoms with E-state index in [4.69, 9.17) is 0 Å². The smallest absolute Gasteiger partial charge is 0.220 e. The lowest BCUT2D eigenvalue weighted by Gasteiger charge is -2.08. The second-order valence-corrected chi connectivity index (χ2v) is 8.38. The number of thioether (sulfide) groups is 1. The van der Waals surface area contributed by atoms with Crippen molar-refractivity contribution >= 4 is 27.5 Å². The first kappa shape index (κ1) is 15.4. The molecule has 1 amide bonds. The lowest BCUT2D eigenvalue weighted by Crippen LogP contribution is -2.27. The van der Waals surface area contributed by atoms with Gasteiger partial charge in [-0.2, -0.15) is 0 Å². The van der Waals surface area contributed by atoms with Crippen molar-refractivity contribution in [2.45, 2.75) is 17.7 Å². The minimum atomic E-state index is -2.89. The zero-order chi connectivity index (χ0) is 14.4. The summed E-state index contributed by atoms with van der Waals surface area (Å²) in [6.07, 6.45) is 0.948. The minimum Gasteiger partial charge on any atom is -0.355 e. The van der Waals surface area contributed by atoms with Crippen LogP contribution in [0.4, 0.5) is 0 Å². The van der Waals surface area contributed by atoms with E-state index in [1.807, 2.05) is 30.3 Å². The minimum absolute atomic E-state index is 0.00164. The van der Waals surface area contributed by atoms with Crippen molar-refractivity contribution in [2.75, 3.05) is 23.8 Å². The van der Waals surface area contributed by atoms with Crippen LogP contribution in [0.2, 0.25) is 0 Å². The van der Waals surface area contributed by atoms with Gasteiger partial charge in [0.2, 0.25) is 5.91 Å². The van der Waals surface area contributed by atoms with E-state index in [0.717, 1.165) is 5.75 Å². The maximum Gasteiger partial charge on any atom is 0.220 e. The lowest BCUT2D eigenvalue weighted by atomic mass is 10.1. The van der Waals surface area contributed by atoms with Crippen LogP contribution in [0.3, 0.4) is 0 Å². The number of rotatable bonds is 6. The lowest BCUT2D eigenvalue weighted by molar-refractivity contribution is -0.121. The van der Waals surface area contributed by atoms with E-state index < -0.39 is 9.84 Å². The van der Waals surface area contributed by atoms with Crippen LogP contribution in [-0.2, 0) is 14.6 Å². The third kappa shape index (κ3) is 5.17. The summed E-state index contributed by atoms with van der Waals surface area (Å²) in [5.41, 5.74) is 0. The van der Waals surface area contributed by atoms with Gasteiger partial charge in [-0.1, -0.05) is 18.2 Å². The number of carbonyl (C=O) groups excluding carboxylic acids is 1. The fraction of sp³-hybridized carbons (Fsp3) is 0.500. The highest BCUT2D eigenvalue weighted by atomic mass is 32.2. The van der Waals surface area contributed by atoms with E-state index in [0.29, 0.717) is 19.4 Å². The average molecular weight is 313 g/mol. The molecule has 0 aliphatic carbocycles. The molecule has 1 saturated heterocycles. The van der Waals surface area contributed by atoms with E-state index in [2.05, 4.69) is 5.32 Å². The monoisotopic (exact) mass is 313 g/mol. The van der Waals surface area contributed by atoms with Crippen LogP contribution < -0.4 is 5.32 Å². The molecule has 1 fully saturated rings. The van der Waals surface area contributed by atoms with Crippen molar-refractivity contribution in [1.82, 2.24) is 5.32 Å². The van der Waals surface area contributed by atoms with Gasteiger partial charge in [-0.3, -0.25) is 4.79 Å². The quantitative estimate of drug-likeness (QED) is 0.641. The molecule has 4 nitrogen and oxygen atoms in total. The van der Waals surface area contributed by atoms with Gasteiger partial charge in [0, 0.05) is 23.6 Å². The number of amides is 1. The Kier molecular flexibility index (Phi) is 5.48. The molecule has 110 valence electrons. The fourth-order valence-electron chi connectivity index (χ4n) is 2.24. The normalized spacial score (nSPS) is 20.7. The maximum absolute atomic E-state index is 11.7. The van der Waals surface area contributed by atoms with Gasteiger partial charge in [0.25, 0.3) is 0 Å². The Hall–Kier alpha value is -1.01. The predicted octanol–water partition coefficient (Wildman–Crippen LogP) is 1.72. The van der Waals surface area contributed by atoms with E-state index in [1.165, 1.54) is 4.90 Å². The molecule has 1 aromatic rings. The molecule has 1 aromatic carbocycles. The third-order valence-electron chi connectivity index (χ3n) is 3.24. The molecule has 1 aliphatic rings. The molecule has 2 rings (SSSR count). The highest BCUT2D eigenvalue weighted by molar-refractivity contribution is 7.99. The molecule has 0 radical (unpaired) electrons. The van der Waals surface area contributed by atoms with Crippen LogP contribution in [0.5, 0.6) is 0 Å². The molecule has 0 unspecified atom stereocenters. The first-order valence-electron chi connectivity index (χ1n) is 6.70. The fourth-order valence-corrected chi connectivity index (χ4v) is 4.89. The van der Waals surface area contributed by atoms with Gasteiger partial charge in [-0.05, 0) is 24.5 Å². The second kappa shape index (κ2) is 7.13. The Morgan fingerprint density at radius 2 is 2.05 bits per heavy atom. The Labute approximate surface area is 124 Å². The Bertz CT molecular complexity index is 543. The van der Waals surface area contributed by atoms with Crippen molar-refractivity contribution in [1.29, 1.82) is 0 Å². The molecule has 1 atom stereocenters. The largest absolute Gasteiger partial charge is 0.355 e. The summed E-state index contributed by atoms with van der Waals surface area (Å²) >= 11 is 1.69. The number of sulfone groups is 1. The molecule has 0 spiro atoms. The first-order valence-corrected chi connectivity index (χ1v) is 9.51. The standard InChI is InChI=1S/C14H19NO3S2/c16-14(10-12-6-9-20(17,18)11-12)15-7-8-19-13-4-2-1-3-5-13/h1-5,12H,6-11H2,(H,15,16)/t12-/m0/s1. The van der Waals surface area contributed by atoms with Gasteiger partial charge in [-0.15, -0.1) is 11.8 Å². The van der Waals surface area contributed by atoms with Gasteiger partial charge in [0.15, 0.2) is 9.84 Å². The molecule has 1 heterocycles. The Balaban J connectivity index is 1.61. The molecule has 1 aliphatic heterocycles. The number of hydrogen-bond acceptors (Lipinski definition) is 4. The highest BCUT2D eigenvalue weighted by Gasteiger charge is 2.29. The van der Waals surface area contributed by atoms with Crippen molar-refractivity contribution < 1.29 is 13.2 Å².